The second kappa shape index (κ2) is 8.03. The third-order valence-electron chi connectivity index (χ3n) is 4.77. The Labute approximate surface area is 156 Å². The molecule has 3 nitrogen and oxygen atoms in total. The highest BCUT2D eigenvalue weighted by Gasteiger charge is 2.30. The van der Waals surface area contributed by atoms with Gasteiger partial charge in [0, 0.05) is 17.7 Å². The Kier molecular flexibility index (Phi) is 5.95. The Morgan fingerprint density at radius 2 is 1.88 bits per heavy atom. The van der Waals surface area contributed by atoms with Crippen LogP contribution in [0.2, 0.25) is 0 Å². The highest BCUT2D eigenvalue weighted by Crippen LogP contribution is 2.36. The molecule has 1 aliphatic rings. The van der Waals surface area contributed by atoms with Crippen LogP contribution in [-0.4, -0.2) is 14.8 Å². The van der Waals surface area contributed by atoms with Gasteiger partial charge in [0.15, 0.2) is 5.16 Å². The van der Waals surface area contributed by atoms with Gasteiger partial charge in [-0.05, 0) is 24.5 Å². The number of hydrogen-bond donors (Lipinski definition) is 0. The van der Waals surface area contributed by atoms with E-state index in [2.05, 4.69) is 28.6 Å². The fraction of sp³-hybridized carbons (Fsp3) is 0.579. The van der Waals surface area contributed by atoms with Crippen molar-refractivity contribution in [2.75, 3.05) is 0 Å². The van der Waals surface area contributed by atoms with E-state index in [0.717, 1.165) is 29.9 Å². The van der Waals surface area contributed by atoms with E-state index in [0.29, 0.717) is 17.4 Å². The van der Waals surface area contributed by atoms with Crippen LogP contribution in [0.15, 0.2) is 29.4 Å². The van der Waals surface area contributed by atoms with Gasteiger partial charge in [0.1, 0.15) is 5.82 Å². The number of benzene rings is 1. The Bertz CT molecular complexity index is 734. The molecule has 1 aromatic heterocycles. The number of hydrogen-bond acceptors (Lipinski definition) is 3. The molecule has 0 spiro atoms. The Balaban J connectivity index is 1.80. The summed E-state index contributed by atoms with van der Waals surface area (Å²) in [7, 11) is 0. The number of thioether (sulfide) groups is 1. The Hall–Kier alpha value is -1.50. The number of halogens is 3. The summed E-state index contributed by atoms with van der Waals surface area (Å²) in [5, 5.41) is 9.54. The molecule has 0 bridgehead atoms. The predicted molar refractivity (Wildman–Crippen MR) is 97.2 cm³/mol. The minimum absolute atomic E-state index is 0.271. The molecule has 0 saturated heterocycles. The zero-order valence-electron chi connectivity index (χ0n) is 15.1. The summed E-state index contributed by atoms with van der Waals surface area (Å²) in [6, 6.07) is 5.92. The van der Waals surface area contributed by atoms with Crippen molar-refractivity contribution < 1.29 is 13.2 Å². The molecule has 1 aliphatic carbocycles. The van der Waals surface area contributed by atoms with E-state index < -0.39 is 11.7 Å². The highest BCUT2D eigenvalue weighted by atomic mass is 32.2. The first-order valence-electron chi connectivity index (χ1n) is 9.10. The highest BCUT2D eigenvalue weighted by molar-refractivity contribution is 7.98. The summed E-state index contributed by atoms with van der Waals surface area (Å²) in [5.41, 5.74) is 0.0429. The van der Waals surface area contributed by atoms with Gasteiger partial charge in [-0.25, -0.2) is 0 Å². The summed E-state index contributed by atoms with van der Waals surface area (Å²) >= 11 is 1.47. The Morgan fingerprint density at radius 1 is 1.15 bits per heavy atom. The molecule has 2 aromatic rings. The summed E-state index contributed by atoms with van der Waals surface area (Å²) in [4.78, 5) is 0. The number of nitrogens with zero attached hydrogens (tertiary/aromatic N) is 3. The fourth-order valence-electron chi connectivity index (χ4n) is 3.45. The summed E-state index contributed by atoms with van der Waals surface area (Å²) in [5.74, 6) is 1.70. The largest absolute Gasteiger partial charge is 0.416 e. The maximum atomic E-state index is 12.9. The molecule has 0 radical (unpaired) electrons. The number of aromatic nitrogens is 3. The smallest absolute Gasteiger partial charge is 0.303 e. The molecule has 0 amide bonds. The SMILES string of the molecule is CC(C)c1nnc(SCc2cccc(C(F)(F)F)c2)n1C1CCCCC1. The van der Waals surface area contributed by atoms with Crippen molar-refractivity contribution in [3.05, 3.63) is 41.2 Å². The van der Waals surface area contributed by atoms with Crippen LogP contribution >= 0.6 is 11.8 Å². The molecule has 7 heteroatoms. The molecule has 1 aromatic carbocycles. The van der Waals surface area contributed by atoms with E-state index in [1.807, 2.05) is 0 Å². The molecule has 1 saturated carbocycles. The normalized spacial score (nSPS) is 16.4. The second-order valence-corrected chi connectivity index (χ2v) is 8.09. The third kappa shape index (κ3) is 4.42. The van der Waals surface area contributed by atoms with Crippen LogP contribution in [0.25, 0.3) is 0 Å². The molecule has 0 atom stereocenters. The van der Waals surface area contributed by atoms with Gasteiger partial charge in [-0.3, -0.25) is 0 Å². The lowest BCUT2D eigenvalue weighted by Crippen LogP contribution is -2.17. The van der Waals surface area contributed by atoms with Crippen molar-refractivity contribution >= 4 is 11.8 Å². The first kappa shape index (κ1) is 19.3. The molecule has 0 aliphatic heterocycles. The van der Waals surface area contributed by atoms with Crippen LogP contribution in [0, 0.1) is 0 Å². The zero-order chi connectivity index (χ0) is 18.7. The molecule has 3 rings (SSSR count). The lowest BCUT2D eigenvalue weighted by molar-refractivity contribution is -0.137. The fourth-order valence-corrected chi connectivity index (χ4v) is 4.40. The van der Waals surface area contributed by atoms with Crippen LogP contribution in [0.3, 0.4) is 0 Å². The summed E-state index contributed by atoms with van der Waals surface area (Å²) < 4.78 is 40.9. The average Bonchev–Trinajstić information content (AvgIpc) is 3.04. The van der Waals surface area contributed by atoms with Crippen molar-refractivity contribution in [1.82, 2.24) is 14.8 Å². The summed E-state index contributed by atoms with van der Waals surface area (Å²) in [6.45, 7) is 4.20. The topological polar surface area (TPSA) is 30.7 Å². The third-order valence-corrected chi connectivity index (χ3v) is 5.78. The molecule has 142 valence electrons. The van der Waals surface area contributed by atoms with Gasteiger partial charge in [0.25, 0.3) is 0 Å². The summed E-state index contributed by atoms with van der Waals surface area (Å²) in [6.07, 6.45) is 1.61. The molecule has 0 unspecified atom stereocenters. The monoisotopic (exact) mass is 383 g/mol. The number of rotatable bonds is 5. The predicted octanol–water partition coefficient (Wildman–Crippen LogP) is 6.22. The van der Waals surface area contributed by atoms with Gasteiger partial charge in [-0.1, -0.05) is 63.1 Å². The van der Waals surface area contributed by atoms with Crippen LogP contribution in [0.1, 0.15) is 74.9 Å². The van der Waals surface area contributed by atoms with Gasteiger partial charge in [0.2, 0.25) is 0 Å². The molecular formula is C19H24F3N3S. The van der Waals surface area contributed by atoms with Crippen molar-refractivity contribution in [3.63, 3.8) is 0 Å². The van der Waals surface area contributed by atoms with Crippen molar-refractivity contribution in [2.24, 2.45) is 0 Å². The van der Waals surface area contributed by atoms with Gasteiger partial charge < -0.3 is 4.57 Å². The van der Waals surface area contributed by atoms with Crippen molar-refractivity contribution in [2.45, 2.75) is 75.0 Å². The minimum atomic E-state index is -4.31. The second-order valence-electron chi connectivity index (χ2n) is 7.14. The molecule has 1 fully saturated rings. The zero-order valence-corrected chi connectivity index (χ0v) is 15.9. The van der Waals surface area contributed by atoms with Crippen LogP contribution < -0.4 is 0 Å². The lowest BCUT2D eigenvalue weighted by Gasteiger charge is -2.26. The minimum Gasteiger partial charge on any atom is -0.303 e. The average molecular weight is 383 g/mol. The van der Waals surface area contributed by atoms with Crippen LogP contribution in [0.4, 0.5) is 13.2 Å². The van der Waals surface area contributed by atoms with E-state index >= 15 is 0 Å². The van der Waals surface area contributed by atoms with Gasteiger partial charge in [-0.2, -0.15) is 13.2 Å². The lowest BCUT2D eigenvalue weighted by atomic mass is 9.95. The van der Waals surface area contributed by atoms with Gasteiger partial charge in [0.05, 0.1) is 5.56 Å². The van der Waals surface area contributed by atoms with Gasteiger partial charge >= 0.3 is 6.18 Å². The van der Waals surface area contributed by atoms with Crippen molar-refractivity contribution in [3.8, 4) is 0 Å². The maximum absolute atomic E-state index is 12.9. The standard InChI is InChI=1S/C19H24F3N3S/c1-13(2)17-23-24-18(25(17)16-9-4-3-5-10-16)26-12-14-7-6-8-15(11-14)19(20,21)22/h6-8,11,13,16H,3-5,9-10,12H2,1-2H3. The number of alkyl halides is 3. The quantitative estimate of drug-likeness (QED) is 0.575. The molecule has 26 heavy (non-hydrogen) atoms. The van der Waals surface area contributed by atoms with Gasteiger partial charge in [-0.15, -0.1) is 10.2 Å². The van der Waals surface area contributed by atoms with Crippen molar-refractivity contribution in [1.29, 1.82) is 0 Å². The first-order chi connectivity index (χ1) is 12.4. The molecular weight excluding hydrogens is 359 g/mol. The molecule has 0 N–H and O–H groups in total. The van der Waals surface area contributed by atoms with E-state index in [9.17, 15) is 13.2 Å². The van der Waals surface area contributed by atoms with E-state index in [1.54, 1.807) is 6.07 Å². The van der Waals surface area contributed by atoms with E-state index in [-0.39, 0.29) is 5.92 Å². The van der Waals surface area contributed by atoms with Crippen LogP contribution in [-0.2, 0) is 11.9 Å². The molecule has 1 heterocycles. The van der Waals surface area contributed by atoms with E-state index in [4.69, 9.17) is 0 Å². The van der Waals surface area contributed by atoms with Crippen LogP contribution in [0.5, 0.6) is 0 Å². The maximum Gasteiger partial charge on any atom is 0.416 e. The first-order valence-corrected chi connectivity index (χ1v) is 10.1. The Morgan fingerprint density at radius 3 is 2.54 bits per heavy atom. The van der Waals surface area contributed by atoms with E-state index in [1.165, 1.54) is 43.2 Å².